The van der Waals surface area contributed by atoms with Gasteiger partial charge in [-0.3, -0.25) is 5.32 Å². The van der Waals surface area contributed by atoms with Gasteiger partial charge in [0.1, 0.15) is 11.4 Å². The number of rotatable bonds is 5. The van der Waals surface area contributed by atoms with Gasteiger partial charge in [-0.15, -0.1) is 0 Å². The van der Waals surface area contributed by atoms with E-state index in [-0.39, 0.29) is 5.82 Å². The van der Waals surface area contributed by atoms with Crippen molar-refractivity contribution >= 4 is 22.7 Å². The average Bonchev–Trinajstić information content (AvgIpc) is 2.62. The predicted octanol–water partition coefficient (Wildman–Crippen LogP) is 6.48. The third-order valence-electron chi connectivity index (χ3n) is 4.63. The lowest BCUT2D eigenvalue weighted by Crippen LogP contribution is -2.30. The number of aromatic nitrogens is 1. The highest BCUT2D eigenvalue weighted by molar-refractivity contribution is 5.87. The van der Waals surface area contributed by atoms with E-state index in [1.54, 1.807) is 6.07 Å². The maximum atomic E-state index is 13.5. The summed E-state index contributed by atoms with van der Waals surface area (Å²) < 4.78 is 19.0. The molecule has 0 saturated carbocycles. The highest BCUT2D eigenvalue weighted by Gasteiger charge is 2.22. The maximum absolute atomic E-state index is 13.5. The van der Waals surface area contributed by atoms with Crippen molar-refractivity contribution in [2.45, 2.75) is 46.1 Å². The Morgan fingerprint density at radius 2 is 1.89 bits per heavy atom. The zero-order valence-electron chi connectivity index (χ0n) is 16.7. The van der Waals surface area contributed by atoms with Crippen molar-refractivity contribution in [2.24, 2.45) is 0 Å². The largest absolute Gasteiger partial charge is 0.443 e. The van der Waals surface area contributed by atoms with E-state index in [9.17, 15) is 9.18 Å². The second-order valence-corrected chi connectivity index (χ2v) is 7.59. The number of anilines is 1. The molecule has 0 aliphatic heterocycles. The Bertz CT molecular complexity index is 1010. The van der Waals surface area contributed by atoms with Gasteiger partial charge in [0.25, 0.3) is 0 Å². The summed E-state index contributed by atoms with van der Waals surface area (Å²) in [6.07, 6.45) is 1.28. The van der Waals surface area contributed by atoms with Crippen LogP contribution in [0.1, 0.15) is 39.2 Å². The Morgan fingerprint density at radius 1 is 1.14 bits per heavy atom. The van der Waals surface area contributed by atoms with Gasteiger partial charge in [-0.05, 0) is 63.1 Å². The second-order valence-electron chi connectivity index (χ2n) is 7.59. The van der Waals surface area contributed by atoms with Crippen LogP contribution in [-0.2, 0) is 4.74 Å². The molecule has 1 aromatic heterocycles. The normalized spacial score (nSPS) is 11.5. The fraction of sp³-hybridized carbons (Fsp3) is 0.304. The number of nitrogens with zero attached hydrogens (tertiary/aromatic N) is 1. The fourth-order valence-corrected chi connectivity index (χ4v) is 3.25. The van der Waals surface area contributed by atoms with Crippen molar-refractivity contribution < 1.29 is 13.9 Å². The summed E-state index contributed by atoms with van der Waals surface area (Å²) >= 11 is 0. The molecule has 4 nitrogen and oxygen atoms in total. The Kier molecular flexibility index (Phi) is 5.63. The lowest BCUT2D eigenvalue weighted by molar-refractivity contribution is 0.0419. The van der Waals surface area contributed by atoms with Crippen molar-refractivity contribution in [1.29, 1.82) is 0 Å². The molecule has 146 valence electrons. The van der Waals surface area contributed by atoms with Crippen molar-refractivity contribution in [1.82, 2.24) is 4.98 Å². The number of fused-ring (bicyclic) bond motifs is 1. The second kappa shape index (κ2) is 7.97. The third kappa shape index (κ3) is 4.66. The molecule has 1 amide bonds. The van der Waals surface area contributed by atoms with E-state index in [1.165, 1.54) is 12.1 Å². The van der Waals surface area contributed by atoms with Crippen LogP contribution in [0.2, 0.25) is 0 Å². The number of nitrogens with one attached hydrogen (secondary N) is 1. The molecule has 3 aromatic rings. The topological polar surface area (TPSA) is 51.2 Å². The van der Waals surface area contributed by atoms with E-state index in [4.69, 9.17) is 4.74 Å². The Hall–Kier alpha value is -2.95. The van der Waals surface area contributed by atoms with Crippen LogP contribution in [0, 0.1) is 12.7 Å². The number of carbonyl (C=O) groups excluding carboxylic acids is 1. The Morgan fingerprint density at radius 3 is 2.61 bits per heavy atom. The molecule has 0 aliphatic carbocycles. The van der Waals surface area contributed by atoms with Gasteiger partial charge in [-0.2, -0.15) is 0 Å². The van der Waals surface area contributed by atoms with Gasteiger partial charge < -0.3 is 4.74 Å². The molecule has 2 aromatic carbocycles. The first-order valence-corrected chi connectivity index (χ1v) is 9.45. The Balaban J connectivity index is 1.80. The van der Waals surface area contributed by atoms with Crippen LogP contribution in [0.25, 0.3) is 22.2 Å². The molecule has 0 bridgehead atoms. The minimum atomic E-state index is -0.503. The summed E-state index contributed by atoms with van der Waals surface area (Å²) in [4.78, 5) is 16.8. The molecular weight excluding hydrogens is 355 g/mol. The monoisotopic (exact) mass is 380 g/mol. The van der Waals surface area contributed by atoms with Gasteiger partial charge in [0.2, 0.25) is 0 Å². The first-order chi connectivity index (χ1) is 13.3. The lowest BCUT2D eigenvalue weighted by atomic mass is 10.0. The summed E-state index contributed by atoms with van der Waals surface area (Å²) in [5, 5.41) is 3.70. The van der Waals surface area contributed by atoms with Crippen LogP contribution in [0.4, 0.5) is 14.9 Å². The lowest BCUT2D eigenvalue weighted by Gasteiger charge is -2.24. The summed E-state index contributed by atoms with van der Waals surface area (Å²) in [5.41, 5.74) is 3.33. The van der Waals surface area contributed by atoms with Crippen LogP contribution in [0.3, 0.4) is 0 Å². The number of amides is 1. The first-order valence-electron chi connectivity index (χ1n) is 9.45. The molecule has 0 atom stereocenters. The number of hydrogen-bond acceptors (Lipinski definition) is 3. The molecule has 3 rings (SSSR count). The van der Waals surface area contributed by atoms with E-state index < -0.39 is 11.7 Å². The number of aryl methyl sites for hydroxylation is 1. The summed E-state index contributed by atoms with van der Waals surface area (Å²) in [6, 6.07) is 14.1. The smallest absolute Gasteiger partial charge is 0.412 e. The molecule has 0 spiro atoms. The number of halogens is 1. The van der Waals surface area contributed by atoms with Gasteiger partial charge >= 0.3 is 6.09 Å². The van der Waals surface area contributed by atoms with Crippen molar-refractivity contribution in [3.63, 3.8) is 0 Å². The molecule has 0 radical (unpaired) electrons. The molecule has 0 fully saturated rings. The van der Waals surface area contributed by atoms with E-state index in [2.05, 4.69) is 17.2 Å². The fourth-order valence-electron chi connectivity index (χ4n) is 3.25. The average molecular weight is 380 g/mol. The van der Waals surface area contributed by atoms with Crippen LogP contribution in [0.15, 0.2) is 48.5 Å². The highest BCUT2D eigenvalue weighted by Crippen LogP contribution is 2.26. The van der Waals surface area contributed by atoms with Gasteiger partial charge in [-0.1, -0.05) is 25.5 Å². The standard InChI is InChI=1S/C23H25FN2O2/c1-5-12-23(3,4)28-22(27)26-19-10-8-17(13-15(19)2)20-11-7-16-6-9-18(24)14-21(16)25-20/h6-11,13-14H,5,12H2,1-4H3,(H,26,27). The molecule has 0 unspecified atom stereocenters. The summed E-state index contributed by atoms with van der Waals surface area (Å²) in [7, 11) is 0. The Labute approximate surface area is 164 Å². The zero-order valence-corrected chi connectivity index (χ0v) is 16.7. The number of hydrogen-bond donors (Lipinski definition) is 1. The molecule has 1 heterocycles. The van der Waals surface area contributed by atoms with Crippen molar-refractivity contribution in [3.05, 3.63) is 59.9 Å². The molecule has 28 heavy (non-hydrogen) atoms. The van der Waals surface area contributed by atoms with Crippen LogP contribution in [-0.4, -0.2) is 16.7 Å². The maximum Gasteiger partial charge on any atom is 0.412 e. The molecule has 1 N–H and O–H groups in total. The predicted molar refractivity (Wildman–Crippen MR) is 111 cm³/mol. The number of carbonyl (C=O) groups is 1. The number of ether oxygens (including phenoxy) is 1. The quantitative estimate of drug-likeness (QED) is 0.551. The molecule has 0 aliphatic rings. The SMILES string of the molecule is CCCC(C)(C)OC(=O)Nc1ccc(-c2ccc3ccc(F)cc3n2)cc1C. The van der Waals surface area contributed by atoms with Gasteiger partial charge in [-0.25, -0.2) is 14.2 Å². The van der Waals surface area contributed by atoms with Crippen LogP contribution >= 0.6 is 0 Å². The zero-order chi connectivity index (χ0) is 20.3. The minimum absolute atomic E-state index is 0.308. The summed E-state index contributed by atoms with van der Waals surface area (Å²) in [6.45, 7) is 7.78. The first kappa shape index (κ1) is 19.8. The van der Waals surface area contributed by atoms with Crippen LogP contribution < -0.4 is 5.32 Å². The van der Waals surface area contributed by atoms with Crippen molar-refractivity contribution in [3.8, 4) is 11.3 Å². The molecule has 0 saturated heterocycles. The third-order valence-corrected chi connectivity index (χ3v) is 4.63. The van der Waals surface area contributed by atoms with Crippen molar-refractivity contribution in [2.75, 3.05) is 5.32 Å². The summed E-state index contributed by atoms with van der Waals surface area (Å²) in [5.74, 6) is -0.308. The van der Waals surface area contributed by atoms with E-state index in [0.29, 0.717) is 11.2 Å². The number of pyridine rings is 1. The van der Waals surface area contributed by atoms with Gasteiger partial charge in [0.05, 0.1) is 11.2 Å². The number of benzene rings is 2. The van der Waals surface area contributed by atoms with Gasteiger partial charge in [0, 0.05) is 22.7 Å². The highest BCUT2D eigenvalue weighted by atomic mass is 19.1. The van der Waals surface area contributed by atoms with Gasteiger partial charge in [0.15, 0.2) is 0 Å². The van der Waals surface area contributed by atoms with E-state index in [0.717, 1.165) is 35.0 Å². The van der Waals surface area contributed by atoms with E-state index >= 15 is 0 Å². The van der Waals surface area contributed by atoms with E-state index in [1.807, 2.05) is 51.1 Å². The minimum Gasteiger partial charge on any atom is -0.443 e. The molecule has 5 heteroatoms. The molecular formula is C23H25FN2O2. The van der Waals surface area contributed by atoms with Crippen LogP contribution in [0.5, 0.6) is 0 Å².